The molecule has 4 rings (SSSR count). The zero-order chi connectivity index (χ0) is 18.4. The zero-order valence-electron chi connectivity index (χ0n) is 15.7. The van der Waals surface area contributed by atoms with Crippen LogP contribution in [0.1, 0.15) is 58.3 Å². The Morgan fingerprint density at radius 3 is 2.46 bits per heavy atom. The maximum Gasteiger partial charge on any atom is 0.409 e. The van der Waals surface area contributed by atoms with E-state index in [1.807, 2.05) is 0 Å². The van der Waals surface area contributed by atoms with Crippen LogP contribution in [0.25, 0.3) is 0 Å². The molecule has 0 radical (unpaired) electrons. The van der Waals surface area contributed by atoms with Crippen LogP contribution in [0, 0.1) is 5.92 Å². The van der Waals surface area contributed by atoms with Crippen LogP contribution in [-0.4, -0.2) is 70.5 Å². The lowest BCUT2D eigenvalue weighted by Crippen LogP contribution is -2.73. The first-order chi connectivity index (χ1) is 12.4. The van der Waals surface area contributed by atoms with Crippen molar-refractivity contribution in [2.24, 2.45) is 5.92 Å². The van der Waals surface area contributed by atoms with Gasteiger partial charge in [0.2, 0.25) is 5.91 Å². The molecule has 1 saturated carbocycles. The zero-order valence-corrected chi connectivity index (χ0v) is 15.7. The summed E-state index contributed by atoms with van der Waals surface area (Å²) < 4.78 is 5.81. The Hall–Kier alpha value is -1.34. The molecular formula is C19H31N3O4. The predicted octanol–water partition coefficient (Wildman–Crippen LogP) is 2.02. The summed E-state index contributed by atoms with van der Waals surface area (Å²) in [7, 11) is 0. The Morgan fingerprint density at radius 1 is 1.12 bits per heavy atom. The highest BCUT2D eigenvalue weighted by Crippen LogP contribution is 2.41. The first-order valence-corrected chi connectivity index (χ1v) is 10.1. The molecule has 7 nitrogen and oxygen atoms in total. The third-order valence-electron chi connectivity index (χ3n) is 7.11. The van der Waals surface area contributed by atoms with E-state index in [9.17, 15) is 14.7 Å². The van der Waals surface area contributed by atoms with Crippen LogP contribution >= 0.6 is 0 Å². The molecular weight excluding hydrogens is 334 g/mol. The average molecular weight is 365 g/mol. The highest BCUT2D eigenvalue weighted by Gasteiger charge is 2.53. The smallest absolute Gasteiger partial charge is 0.409 e. The summed E-state index contributed by atoms with van der Waals surface area (Å²) >= 11 is 0. The second-order valence-corrected chi connectivity index (χ2v) is 8.86. The van der Waals surface area contributed by atoms with Gasteiger partial charge in [0.05, 0.1) is 19.3 Å². The summed E-state index contributed by atoms with van der Waals surface area (Å²) in [5, 5.41) is 13.1. The number of likely N-dealkylation sites (tertiary alicyclic amines) is 1. The normalized spacial score (nSPS) is 34.8. The van der Waals surface area contributed by atoms with Crippen LogP contribution < -0.4 is 5.32 Å². The number of morpholine rings is 1. The van der Waals surface area contributed by atoms with E-state index in [-0.39, 0.29) is 23.4 Å². The summed E-state index contributed by atoms with van der Waals surface area (Å²) in [6, 6.07) is -0.0328. The van der Waals surface area contributed by atoms with E-state index in [0.717, 1.165) is 58.0 Å². The van der Waals surface area contributed by atoms with Crippen LogP contribution in [-0.2, 0) is 9.53 Å². The van der Waals surface area contributed by atoms with Gasteiger partial charge in [-0.1, -0.05) is 0 Å². The van der Waals surface area contributed by atoms with Crippen LogP contribution in [0.2, 0.25) is 0 Å². The molecule has 146 valence electrons. The van der Waals surface area contributed by atoms with Crippen molar-refractivity contribution >= 4 is 12.0 Å². The quantitative estimate of drug-likeness (QED) is 0.800. The Kier molecular flexibility index (Phi) is 4.63. The molecule has 1 aliphatic carbocycles. The first kappa shape index (κ1) is 18.0. The molecule has 0 aromatic rings. The fourth-order valence-electron chi connectivity index (χ4n) is 5.39. The third kappa shape index (κ3) is 2.99. The molecule has 2 amide bonds. The Morgan fingerprint density at radius 2 is 1.85 bits per heavy atom. The number of carboxylic acid groups (broad SMARTS) is 1. The van der Waals surface area contributed by atoms with Gasteiger partial charge in [-0.15, -0.1) is 0 Å². The van der Waals surface area contributed by atoms with Crippen LogP contribution in [0.3, 0.4) is 0 Å². The molecule has 3 saturated heterocycles. The Labute approximate surface area is 155 Å². The van der Waals surface area contributed by atoms with E-state index < -0.39 is 11.8 Å². The minimum absolute atomic E-state index is 0.000806. The molecule has 4 fully saturated rings. The largest absolute Gasteiger partial charge is 0.465 e. The molecule has 0 aromatic carbocycles. The Bertz CT molecular complexity index is 559. The molecule has 4 aliphatic rings. The topological polar surface area (TPSA) is 82.1 Å². The number of nitrogens with one attached hydrogen (secondary N) is 1. The number of piperidine rings is 2. The summed E-state index contributed by atoms with van der Waals surface area (Å²) in [5.41, 5.74) is -0.533. The van der Waals surface area contributed by atoms with Gasteiger partial charge in [-0.25, -0.2) is 4.79 Å². The summed E-state index contributed by atoms with van der Waals surface area (Å²) in [6.07, 6.45) is 6.84. The van der Waals surface area contributed by atoms with E-state index >= 15 is 0 Å². The van der Waals surface area contributed by atoms with Gasteiger partial charge in [0, 0.05) is 24.5 Å². The van der Waals surface area contributed by atoms with Gasteiger partial charge >= 0.3 is 6.09 Å². The first-order valence-electron chi connectivity index (χ1n) is 10.1. The number of ether oxygens (including phenoxy) is 1. The van der Waals surface area contributed by atoms with E-state index in [4.69, 9.17) is 4.74 Å². The highest BCUT2D eigenvalue weighted by molar-refractivity contribution is 5.79. The molecule has 3 aliphatic heterocycles. The predicted molar refractivity (Wildman–Crippen MR) is 95.7 cm³/mol. The monoisotopic (exact) mass is 365 g/mol. The number of amides is 2. The van der Waals surface area contributed by atoms with Crippen molar-refractivity contribution in [3.63, 3.8) is 0 Å². The fourth-order valence-corrected chi connectivity index (χ4v) is 5.39. The number of carbonyl (C=O) groups excluding carboxylic acids is 1. The summed E-state index contributed by atoms with van der Waals surface area (Å²) in [5.74, 6) is 0.225. The number of hydrogen-bond donors (Lipinski definition) is 2. The standard InChI is InChI=1S/C19H31N3O4/c1-18(7-3-8-18)20-16(23)14-5-10-21(11-6-14)19-9-2-4-15(12-26-13-19)22(19)17(24)25/h14-15H,2-13H2,1H3,(H,20,23)(H,24,25). The van der Waals surface area contributed by atoms with Gasteiger partial charge in [-0.3, -0.25) is 14.6 Å². The van der Waals surface area contributed by atoms with Crippen molar-refractivity contribution in [2.75, 3.05) is 26.3 Å². The van der Waals surface area contributed by atoms with Gasteiger partial charge in [-0.2, -0.15) is 0 Å². The summed E-state index contributed by atoms with van der Waals surface area (Å²) in [6.45, 7) is 4.61. The van der Waals surface area contributed by atoms with Gasteiger partial charge < -0.3 is 15.2 Å². The van der Waals surface area contributed by atoms with Crippen LogP contribution in [0.4, 0.5) is 4.79 Å². The second kappa shape index (κ2) is 6.68. The maximum absolute atomic E-state index is 12.6. The van der Waals surface area contributed by atoms with Crippen molar-refractivity contribution in [1.29, 1.82) is 0 Å². The minimum Gasteiger partial charge on any atom is -0.465 e. The molecule has 2 atom stereocenters. The lowest BCUT2D eigenvalue weighted by Gasteiger charge is -2.58. The maximum atomic E-state index is 12.6. The number of rotatable bonds is 3. The van der Waals surface area contributed by atoms with Gasteiger partial charge in [-0.05, 0) is 58.3 Å². The lowest BCUT2D eigenvalue weighted by molar-refractivity contribution is -0.188. The van der Waals surface area contributed by atoms with E-state index in [1.165, 1.54) is 6.42 Å². The van der Waals surface area contributed by atoms with Crippen molar-refractivity contribution in [2.45, 2.75) is 75.5 Å². The Balaban J connectivity index is 1.41. The van der Waals surface area contributed by atoms with Crippen LogP contribution in [0.5, 0.6) is 0 Å². The summed E-state index contributed by atoms with van der Waals surface area (Å²) in [4.78, 5) is 28.5. The number of carbonyl (C=O) groups is 2. The third-order valence-corrected chi connectivity index (χ3v) is 7.11. The number of hydrogen-bond acceptors (Lipinski definition) is 4. The molecule has 3 heterocycles. The molecule has 2 unspecified atom stereocenters. The van der Waals surface area contributed by atoms with Crippen molar-refractivity contribution < 1.29 is 19.4 Å². The van der Waals surface area contributed by atoms with Crippen molar-refractivity contribution in [3.05, 3.63) is 0 Å². The van der Waals surface area contributed by atoms with Crippen LogP contribution in [0.15, 0.2) is 0 Å². The second-order valence-electron chi connectivity index (χ2n) is 8.86. The lowest BCUT2D eigenvalue weighted by atomic mass is 9.78. The average Bonchev–Trinajstić information content (AvgIpc) is 2.59. The number of fused-ring (bicyclic) bond motifs is 2. The van der Waals surface area contributed by atoms with Gasteiger partial charge in [0.15, 0.2) is 0 Å². The molecule has 26 heavy (non-hydrogen) atoms. The van der Waals surface area contributed by atoms with Gasteiger partial charge in [0.1, 0.15) is 5.66 Å². The van der Waals surface area contributed by atoms with Crippen molar-refractivity contribution in [3.8, 4) is 0 Å². The molecule has 2 N–H and O–H groups in total. The van der Waals surface area contributed by atoms with Gasteiger partial charge in [0.25, 0.3) is 0 Å². The number of nitrogens with zero attached hydrogens (tertiary/aromatic N) is 2. The molecule has 2 bridgehead atoms. The molecule has 0 spiro atoms. The van der Waals surface area contributed by atoms with Crippen molar-refractivity contribution in [1.82, 2.24) is 15.1 Å². The van der Waals surface area contributed by atoms with E-state index in [1.54, 1.807) is 4.90 Å². The SMILES string of the molecule is CC1(NC(=O)C2CCN(C34CCCC(COC3)N4C(=O)O)CC2)CCC1. The fraction of sp³-hybridized carbons (Fsp3) is 0.895. The van der Waals surface area contributed by atoms with E-state index in [2.05, 4.69) is 17.1 Å². The highest BCUT2D eigenvalue weighted by atomic mass is 16.5. The minimum atomic E-state index is -0.837. The van der Waals surface area contributed by atoms with E-state index in [0.29, 0.717) is 13.2 Å². The molecule has 0 aromatic heterocycles. The molecule has 7 heteroatoms.